The number of likely N-dealkylation sites (tertiary alicyclic amines) is 4. The molecule has 8 aliphatic rings. The molecular weight excluding hydrogens is 1050 g/mol. The molecule has 8 fully saturated rings. The molecule has 0 bridgehead atoms. The number of carbonyl (C=O) groups excluding carboxylic acids is 8. The molecule has 0 aliphatic carbocycles. The maximum atomic E-state index is 15.2. The number of nitrogens with zero attached hydrogens (tertiary/aromatic N) is 8. The monoisotopic (exact) mass is 1110 g/mol. The summed E-state index contributed by atoms with van der Waals surface area (Å²) in [6.07, 6.45) is 6.63. The van der Waals surface area contributed by atoms with Crippen molar-refractivity contribution in [3.63, 3.8) is 0 Å². The zero-order valence-corrected chi connectivity index (χ0v) is 46.5. The number of hydrazine groups is 2. The molecule has 16 nitrogen and oxygen atoms in total. The Balaban J connectivity index is 1.10. The quantitative estimate of drug-likeness (QED) is 0.126. The van der Waals surface area contributed by atoms with Crippen LogP contribution in [0.2, 0.25) is 0 Å². The van der Waals surface area contributed by atoms with Gasteiger partial charge in [0.15, 0.2) is 0 Å². The minimum Gasteiger partial charge on any atom is -0.339 e. The standard InChI is InChI=1S/C62H64N8O8P2/c71-51-29-30-52(72)68-60(46-24-6-2-20-42(46)56(76)64-35-13-14-36-64)79(59(67(51)68)45-23-5-1-19-41(45)55(75)63-33-11-12-34-63)49-27-9-10-28-50(49)80-61(47-25-7-3-21-43(47)57(77)65-37-15-16-38-65)69-53(73)31-32-54(74)70(69)62(80)48-26-8-4-22-44(48)58(78)66-39-17-18-40-66/h1-10,19-28,59-62H,11-18,29-40H2/t59-,60-,61-,62-/m1/s1. The van der Waals surface area contributed by atoms with Gasteiger partial charge in [0.25, 0.3) is 23.6 Å². The van der Waals surface area contributed by atoms with Crippen LogP contribution in [0.5, 0.6) is 0 Å². The number of rotatable bonds is 10. The van der Waals surface area contributed by atoms with Gasteiger partial charge in [-0.3, -0.25) is 38.4 Å². The summed E-state index contributed by atoms with van der Waals surface area (Å²) in [5.41, 5.74) is 3.98. The highest BCUT2D eigenvalue weighted by atomic mass is 31.1. The largest absolute Gasteiger partial charge is 0.339 e. The van der Waals surface area contributed by atoms with Crippen molar-refractivity contribution < 1.29 is 38.4 Å². The topological polar surface area (TPSA) is 162 Å². The van der Waals surface area contributed by atoms with Gasteiger partial charge in [0.1, 0.15) is 23.1 Å². The number of benzene rings is 5. The van der Waals surface area contributed by atoms with Crippen LogP contribution in [0.4, 0.5) is 0 Å². The maximum Gasteiger partial charge on any atom is 0.254 e. The summed E-state index contributed by atoms with van der Waals surface area (Å²) < 4.78 is 0. The predicted molar refractivity (Wildman–Crippen MR) is 303 cm³/mol. The van der Waals surface area contributed by atoms with Crippen LogP contribution < -0.4 is 10.6 Å². The molecule has 8 saturated heterocycles. The number of hydrogen-bond donors (Lipinski definition) is 0. The minimum absolute atomic E-state index is 0.0609. The number of amides is 8. The first-order valence-electron chi connectivity index (χ1n) is 28.6. The lowest BCUT2D eigenvalue weighted by Gasteiger charge is -2.38. The van der Waals surface area contributed by atoms with Gasteiger partial charge in [0, 0.05) is 100 Å². The third-order valence-corrected chi connectivity index (χ3v) is 23.6. The minimum atomic E-state index is -2.01. The van der Waals surface area contributed by atoms with Crippen molar-refractivity contribution in [2.24, 2.45) is 0 Å². The van der Waals surface area contributed by atoms with Gasteiger partial charge < -0.3 is 19.6 Å². The molecule has 18 heteroatoms. The first-order chi connectivity index (χ1) is 39.1. The van der Waals surface area contributed by atoms with Gasteiger partial charge in [-0.2, -0.15) is 0 Å². The predicted octanol–water partition coefficient (Wildman–Crippen LogP) is 8.40. The summed E-state index contributed by atoms with van der Waals surface area (Å²) in [7, 11) is -4.03. The first-order valence-corrected chi connectivity index (χ1v) is 31.5. The summed E-state index contributed by atoms with van der Waals surface area (Å²) in [5, 5.41) is 7.86. The lowest BCUT2D eigenvalue weighted by Crippen LogP contribution is -2.50. The van der Waals surface area contributed by atoms with Crippen LogP contribution in [0.1, 0.15) is 164 Å². The van der Waals surface area contributed by atoms with Crippen LogP contribution in [-0.2, 0) is 19.2 Å². The smallest absolute Gasteiger partial charge is 0.254 e. The Morgan fingerprint density at radius 2 is 0.500 bits per heavy atom. The fourth-order valence-electron chi connectivity index (χ4n) is 13.7. The lowest BCUT2D eigenvalue weighted by molar-refractivity contribution is -0.171. The normalized spacial score (nSPS) is 23.5. The second-order valence-corrected chi connectivity index (χ2v) is 26.6. The Morgan fingerprint density at radius 1 is 0.300 bits per heavy atom. The molecule has 410 valence electrons. The highest BCUT2D eigenvalue weighted by Crippen LogP contribution is 2.74. The lowest BCUT2D eigenvalue weighted by atomic mass is 10.0. The van der Waals surface area contributed by atoms with Crippen LogP contribution >= 0.6 is 15.8 Å². The number of hydrogen-bond acceptors (Lipinski definition) is 8. The highest BCUT2D eigenvalue weighted by molar-refractivity contribution is 7.73. The highest BCUT2D eigenvalue weighted by Gasteiger charge is 2.61. The van der Waals surface area contributed by atoms with Gasteiger partial charge in [-0.1, -0.05) is 97.1 Å². The summed E-state index contributed by atoms with van der Waals surface area (Å²) >= 11 is 0. The summed E-state index contributed by atoms with van der Waals surface area (Å²) in [6.45, 7) is 4.65. The fraction of sp³-hybridized carbons (Fsp3) is 0.387. The van der Waals surface area contributed by atoms with Crippen LogP contribution in [0.25, 0.3) is 0 Å². The van der Waals surface area contributed by atoms with E-state index in [-0.39, 0.29) is 72.9 Å². The molecule has 0 radical (unpaired) electrons. The zero-order chi connectivity index (χ0) is 54.8. The van der Waals surface area contributed by atoms with E-state index in [1.165, 1.54) is 0 Å². The van der Waals surface area contributed by atoms with E-state index >= 15 is 38.4 Å². The Labute approximate surface area is 468 Å². The van der Waals surface area contributed by atoms with Crippen molar-refractivity contribution in [1.29, 1.82) is 0 Å². The number of carbonyl (C=O) groups is 8. The molecular formula is C62H64N8O8P2. The molecule has 8 heterocycles. The van der Waals surface area contributed by atoms with Crippen LogP contribution in [-0.4, -0.2) is 139 Å². The van der Waals surface area contributed by atoms with Gasteiger partial charge in [-0.05, 0) is 124 Å². The molecule has 0 saturated carbocycles. The van der Waals surface area contributed by atoms with Crippen molar-refractivity contribution in [2.75, 3.05) is 52.4 Å². The van der Waals surface area contributed by atoms with E-state index < -0.39 is 39.0 Å². The number of fused-ring (bicyclic) bond motifs is 2. The van der Waals surface area contributed by atoms with Crippen molar-refractivity contribution in [2.45, 2.75) is 100 Å². The second kappa shape index (κ2) is 21.6. The molecule has 80 heavy (non-hydrogen) atoms. The average molecular weight is 1110 g/mol. The van der Waals surface area contributed by atoms with Gasteiger partial charge in [0.2, 0.25) is 23.6 Å². The summed E-state index contributed by atoms with van der Waals surface area (Å²) in [5.74, 6) is -5.57. The van der Waals surface area contributed by atoms with Gasteiger partial charge in [-0.15, -0.1) is 0 Å². The molecule has 0 unspecified atom stereocenters. The fourth-order valence-corrected chi connectivity index (χ4v) is 21.2. The summed E-state index contributed by atoms with van der Waals surface area (Å²) in [4.78, 5) is 128. The van der Waals surface area contributed by atoms with E-state index in [0.29, 0.717) is 96.9 Å². The van der Waals surface area contributed by atoms with E-state index in [4.69, 9.17) is 0 Å². The molecule has 0 spiro atoms. The Kier molecular flexibility index (Phi) is 14.1. The third kappa shape index (κ3) is 8.79. The third-order valence-electron chi connectivity index (χ3n) is 17.5. The van der Waals surface area contributed by atoms with Crippen molar-refractivity contribution >= 4 is 73.7 Å². The van der Waals surface area contributed by atoms with Gasteiger partial charge in [0.05, 0.1) is 0 Å². The van der Waals surface area contributed by atoms with Crippen LogP contribution in [0, 0.1) is 0 Å². The molecule has 8 amide bonds. The molecule has 4 atom stereocenters. The average Bonchev–Trinajstić information content (AvgIpc) is 4.56. The Bertz CT molecular complexity index is 2940. The molecule has 5 aromatic carbocycles. The van der Waals surface area contributed by atoms with E-state index in [1.807, 2.05) is 141 Å². The maximum absolute atomic E-state index is 15.2. The summed E-state index contributed by atoms with van der Waals surface area (Å²) in [6, 6.07) is 37.6. The van der Waals surface area contributed by atoms with E-state index in [2.05, 4.69) is 0 Å². The van der Waals surface area contributed by atoms with Gasteiger partial charge >= 0.3 is 0 Å². The van der Waals surface area contributed by atoms with E-state index in [1.54, 1.807) is 20.0 Å². The van der Waals surface area contributed by atoms with E-state index in [0.717, 1.165) is 62.0 Å². The molecule has 5 aromatic rings. The zero-order valence-electron chi connectivity index (χ0n) is 44.7. The molecule has 13 rings (SSSR count). The molecule has 0 aromatic heterocycles. The van der Waals surface area contributed by atoms with Crippen molar-refractivity contribution in [3.05, 3.63) is 166 Å². The Hall–Kier alpha value is -7.28. The van der Waals surface area contributed by atoms with Crippen molar-refractivity contribution in [1.82, 2.24) is 39.6 Å². The SMILES string of the molecule is O=C(c1ccccc1[C@@H]1N2C(=O)CCC(=O)N2[C@@H](c2ccccc2C(=O)N2CCCC2)P1c1ccccc1P1[C@H](c2ccccc2C(=O)N2CCCC2)N2C(=O)CCC(=O)N2[C@H]1c1ccccc1C(=O)N1CCCC1)N1CCCC1. The van der Waals surface area contributed by atoms with Crippen molar-refractivity contribution in [3.8, 4) is 0 Å². The van der Waals surface area contributed by atoms with E-state index in [9.17, 15) is 0 Å². The first kappa shape index (κ1) is 52.1. The second-order valence-electron chi connectivity index (χ2n) is 22.1. The molecule has 0 N–H and O–H groups in total. The Morgan fingerprint density at radius 3 is 0.725 bits per heavy atom. The van der Waals surface area contributed by atoms with Gasteiger partial charge in [-0.25, -0.2) is 20.0 Å². The molecule has 8 aliphatic heterocycles. The van der Waals surface area contributed by atoms with Crippen LogP contribution in [0.15, 0.2) is 121 Å². The van der Waals surface area contributed by atoms with Crippen LogP contribution in [0.3, 0.4) is 0 Å².